The molecule has 1 atom stereocenters. The first-order valence-electron chi connectivity index (χ1n) is 6.75. The standard InChI is InChI=1S/C16H22N2O/c1-13-8-9-16(19-13)14(2)18(11-10-17)12-15-6-4-3-5-7-15/h3-9,14H,10-12,17H2,1-2H3. The Hall–Kier alpha value is -1.58. The van der Waals surface area contributed by atoms with Crippen molar-refractivity contribution >= 4 is 0 Å². The van der Waals surface area contributed by atoms with Crippen LogP contribution in [-0.2, 0) is 6.54 Å². The van der Waals surface area contributed by atoms with Crippen LogP contribution in [0.1, 0.15) is 30.0 Å². The molecule has 0 amide bonds. The van der Waals surface area contributed by atoms with E-state index >= 15 is 0 Å². The molecule has 2 aromatic rings. The molecule has 0 aliphatic carbocycles. The molecular formula is C16H22N2O. The molecule has 3 nitrogen and oxygen atoms in total. The Morgan fingerprint density at radius 1 is 1.16 bits per heavy atom. The van der Waals surface area contributed by atoms with E-state index in [2.05, 4.69) is 42.2 Å². The van der Waals surface area contributed by atoms with Crippen molar-refractivity contribution in [3.05, 3.63) is 59.5 Å². The van der Waals surface area contributed by atoms with Crippen molar-refractivity contribution in [1.29, 1.82) is 0 Å². The molecule has 1 heterocycles. The third-order valence-electron chi connectivity index (χ3n) is 3.37. The minimum absolute atomic E-state index is 0.234. The Kier molecular flexibility index (Phi) is 4.77. The van der Waals surface area contributed by atoms with Gasteiger partial charge in [-0.3, -0.25) is 4.90 Å². The van der Waals surface area contributed by atoms with E-state index in [1.54, 1.807) is 0 Å². The summed E-state index contributed by atoms with van der Waals surface area (Å²) in [6.45, 7) is 6.53. The molecule has 2 N–H and O–H groups in total. The fraction of sp³-hybridized carbons (Fsp3) is 0.375. The van der Waals surface area contributed by atoms with Crippen LogP contribution in [0.4, 0.5) is 0 Å². The quantitative estimate of drug-likeness (QED) is 0.865. The Bertz CT molecular complexity index is 492. The van der Waals surface area contributed by atoms with Gasteiger partial charge in [-0.1, -0.05) is 30.3 Å². The fourth-order valence-electron chi connectivity index (χ4n) is 2.25. The lowest BCUT2D eigenvalue weighted by atomic mass is 10.1. The van der Waals surface area contributed by atoms with Gasteiger partial charge in [-0.15, -0.1) is 0 Å². The van der Waals surface area contributed by atoms with Crippen LogP contribution in [0.5, 0.6) is 0 Å². The summed E-state index contributed by atoms with van der Waals surface area (Å²) in [5, 5.41) is 0. The minimum Gasteiger partial charge on any atom is -0.465 e. The summed E-state index contributed by atoms with van der Waals surface area (Å²) >= 11 is 0. The van der Waals surface area contributed by atoms with E-state index in [4.69, 9.17) is 10.2 Å². The van der Waals surface area contributed by atoms with E-state index in [1.165, 1.54) is 5.56 Å². The third-order valence-corrected chi connectivity index (χ3v) is 3.37. The maximum Gasteiger partial charge on any atom is 0.121 e. The highest BCUT2D eigenvalue weighted by Gasteiger charge is 2.18. The van der Waals surface area contributed by atoms with Crippen molar-refractivity contribution in [2.24, 2.45) is 5.73 Å². The van der Waals surface area contributed by atoms with Crippen molar-refractivity contribution in [3.63, 3.8) is 0 Å². The van der Waals surface area contributed by atoms with Crippen LogP contribution >= 0.6 is 0 Å². The Morgan fingerprint density at radius 2 is 1.89 bits per heavy atom. The van der Waals surface area contributed by atoms with Gasteiger partial charge in [-0.25, -0.2) is 0 Å². The van der Waals surface area contributed by atoms with Gasteiger partial charge in [-0.2, -0.15) is 0 Å². The number of hydrogen-bond donors (Lipinski definition) is 1. The van der Waals surface area contributed by atoms with Gasteiger partial charge in [0.2, 0.25) is 0 Å². The first-order valence-corrected chi connectivity index (χ1v) is 6.75. The summed E-state index contributed by atoms with van der Waals surface area (Å²) in [6, 6.07) is 14.7. The molecule has 0 saturated carbocycles. The molecule has 0 aliphatic rings. The monoisotopic (exact) mass is 258 g/mol. The SMILES string of the molecule is Cc1ccc(C(C)N(CCN)Cc2ccccc2)o1. The number of aryl methyl sites for hydroxylation is 1. The maximum absolute atomic E-state index is 5.73. The molecule has 0 bridgehead atoms. The lowest BCUT2D eigenvalue weighted by Gasteiger charge is -2.27. The number of nitrogens with two attached hydrogens (primary N) is 1. The van der Waals surface area contributed by atoms with Crippen LogP contribution in [-0.4, -0.2) is 18.0 Å². The van der Waals surface area contributed by atoms with E-state index in [9.17, 15) is 0 Å². The van der Waals surface area contributed by atoms with Crippen molar-refractivity contribution in [1.82, 2.24) is 4.90 Å². The second-order valence-electron chi connectivity index (χ2n) is 4.87. The fourth-order valence-corrected chi connectivity index (χ4v) is 2.25. The van der Waals surface area contributed by atoms with Gasteiger partial charge in [-0.05, 0) is 31.5 Å². The van der Waals surface area contributed by atoms with Gasteiger partial charge >= 0.3 is 0 Å². The van der Waals surface area contributed by atoms with E-state index in [-0.39, 0.29) is 6.04 Å². The van der Waals surface area contributed by atoms with Gasteiger partial charge in [0.15, 0.2) is 0 Å². The summed E-state index contributed by atoms with van der Waals surface area (Å²) in [5.41, 5.74) is 7.03. The van der Waals surface area contributed by atoms with Crippen LogP contribution in [0, 0.1) is 6.92 Å². The summed E-state index contributed by atoms with van der Waals surface area (Å²) in [7, 11) is 0. The highest BCUT2D eigenvalue weighted by molar-refractivity contribution is 5.15. The van der Waals surface area contributed by atoms with Gasteiger partial charge in [0.25, 0.3) is 0 Å². The van der Waals surface area contributed by atoms with Crippen LogP contribution in [0.25, 0.3) is 0 Å². The van der Waals surface area contributed by atoms with Crippen LogP contribution < -0.4 is 5.73 Å². The number of rotatable bonds is 6. The maximum atomic E-state index is 5.73. The van der Waals surface area contributed by atoms with E-state index in [0.29, 0.717) is 6.54 Å². The van der Waals surface area contributed by atoms with Crippen molar-refractivity contribution in [3.8, 4) is 0 Å². The average molecular weight is 258 g/mol. The molecule has 3 heteroatoms. The topological polar surface area (TPSA) is 42.4 Å². The Morgan fingerprint density at radius 3 is 2.47 bits per heavy atom. The molecule has 0 saturated heterocycles. The zero-order valence-corrected chi connectivity index (χ0v) is 11.7. The van der Waals surface area contributed by atoms with Crippen molar-refractivity contribution < 1.29 is 4.42 Å². The van der Waals surface area contributed by atoms with Crippen molar-refractivity contribution in [2.45, 2.75) is 26.4 Å². The Balaban J connectivity index is 2.11. The predicted octanol–water partition coefficient (Wildman–Crippen LogP) is 3.11. The lowest BCUT2D eigenvalue weighted by Crippen LogP contribution is -2.31. The summed E-state index contributed by atoms with van der Waals surface area (Å²) in [4.78, 5) is 2.34. The van der Waals surface area contributed by atoms with E-state index in [0.717, 1.165) is 24.6 Å². The predicted molar refractivity (Wildman–Crippen MR) is 77.8 cm³/mol. The minimum atomic E-state index is 0.234. The molecule has 1 unspecified atom stereocenters. The van der Waals surface area contributed by atoms with Gasteiger partial charge < -0.3 is 10.2 Å². The zero-order chi connectivity index (χ0) is 13.7. The molecule has 0 aliphatic heterocycles. The molecule has 0 radical (unpaired) electrons. The second-order valence-corrected chi connectivity index (χ2v) is 4.87. The van der Waals surface area contributed by atoms with E-state index < -0.39 is 0 Å². The van der Waals surface area contributed by atoms with Gasteiger partial charge in [0, 0.05) is 19.6 Å². The molecular weight excluding hydrogens is 236 g/mol. The molecule has 1 aromatic carbocycles. The smallest absolute Gasteiger partial charge is 0.121 e. The highest BCUT2D eigenvalue weighted by Crippen LogP contribution is 2.23. The highest BCUT2D eigenvalue weighted by atomic mass is 16.3. The Labute approximate surface area is 115 Å². The molecule has 2 rings (SSSR count). The third kappa shape index (κ3) is 3.69. The van der Waals surface area contributed by atoms with Crippen LogP contribution in [0.3, 0.4) is 0 Å². The van der Waals surface area contributed by atoms with E-state index in [1.807, 2.05) is 19.1 Å². The first kappa shape index (κ1) is 13.8. The molecule has 19 heavy (non-hydrogen) atoms. The second kappa shape index (κ2) is 6.55. The molecule has 0 spiro atoms. The first-order chi connectivity index (χ1) is 9.20. The summed E-state index contributed by atoms with van der Waals surface area (Å²) in [5.74, 6) is 1.95. The summed E-state index contributed by atoms with van der Waals surface area (Å²) < 4.78 is 5.73. The number of nitrogens with zero attached hydrogens (tertiary/aromatic N) is 1. The number of benzene rings is 1. The van der Waals surface area contributed by atoms with Gasteiger partial charge in [0.05, 0.1) is 6.04 Å². The normalized spacial score (nSPS) is 12.8. The number of furan rings is 1. The van der Waals surface area contributed by atoms with Crippen molar-refractivity contribution in [2.75, 3.05) is 13.1 Å². The zero-order valence-electron chi connectivity index (χ0n) is 11.7. The largest absolute Gasteiger partial charge is 0.465 e. The van der Waals surface area contributed by atoms with Gasteiger partial charge in [0.1, 0.15) is 11.5 Å². The summed E-state index contributed by atoms with van der Waals surface area (Å²) in [6.07, 6.45) is 0. The average Bonchev–Trinajstić information content (AvgIpc) is 2.85. The van der Waals surface area contributed by atoms with Crippen LogP contribution in [0.2, 0.25) is 0 Å². The molecule has 102 valence electrons. The lowest BCUT2D eigenvalue weighted by molar-refractivity contribution is 0.183. The molecule has 1 aromatic heterocycles. The molecule has 0 fully saturated rings. The van der Waals surface area contributed by atoms with Crippen LogP contribution in [0.15, 0.2) is 46.9 Å². The number of hydrogen-bond acceptors (Lipinski definition) is 3.